The molecule has 2 amide bonds. The molecule has 0 bridgehead atoms. The Kier molecular flexibility index (Phi) is 5.34. The molecule has 0 saturated heterocycles. The van der Waals surface area contributed by atoms with Crippen LogP contribution in [-0.4, -0.2) is 11.8 Å². The van der Waals surface area contributed by atoms with Gasteiger partial charge in [0.05, 0.1) is 11.3 Å². The second-order valence-electron chi connectivity index (χ2n) is 5.09. The molecule has 116 valence electrons. The van der Waals surface area contributed by atoms with Crippen LogP contribution in [0.25, 0.3) is 0 Å². The zero-order valence-corrected chi connectivity index (χ0v) is 12.0. The molecule has 1 aromatic carbocycles. The largest absolute Gasteiger partial charge is 0.418 e. The summed E-state index contributed by atoms with van der Waals surface area (Å²) in [6, 6.07) is 3.24. The van der Waals surface area contributed by atoms with Gasteiger partial charge >= 0.3 is 6.18 Å². The van der Waals surface area contributed by atoms with Crippen molar-refractivity contribution in [2.24, 2.45) is 5.92 Å². The van der Waals surface area contributed by atoms with Crippen molar-refractivity contribution in [3.8, 4) is 0 Å². The van der Waals surface area contributed by atoms with Gasteiger partial charge in [-0.3, -0.25) is 9.59 Å². The van der Waals surface area contributed by atoms with Crippen LogP contribution in [0.2, 0.25) is 0 Å². The van der Waals surface area contributed by atoms with Crippen molar-refractivity contribution >= 4 is 23.2 Å². The Balaban J connectivity index is 3.08. The van der Waals surface area contributed by atoms with Gasteiger partial charge < -0.3 is 10.6 Å². The summed E-state index contributed by atoms with van der Waals surface area (Å²) in [5, 5.41) is 4.54. The average Bonchev–Trinajstić information content (AvgIpc) is 2.27. The van der Waals surface area contributed by atoms with Crippen LogP contribution in [0.4, 0.5) is 24.5 Å². The summed E-state index contributed by atoms with van der Waals surface area (Å²) in [5.74, 6) is -0.916. The van der Waals surface area contributed by atoms with Gasteiger partial charge in [-0.15, -0.1) is 0 Å². The minimum Gasteiger partial charge on any atom is -0.326 e. The van der Waals surface area contributed by atoms with Crippen molar-refractivity contribution in [1.29, 1.82) is 0 Å². The predicted octanol–water partition coefficient (Wildman–Crippen LogP) is 3.65. The maximum atomic E-state index is 13.0. The first-order valence-electron chi connectivity index (χ1n) is 6.38. The van der Waals surface area contributed by atoms with Crippen LogP contribution in [0.5, 0.6) is 0 Å². The molecule has 0 unspecified atom stereocenters. The number of alkyl halides is 3. The summed E-state index contributed by atoms with van der Waals surface area (Å²) in [6.45, 7) is 4.79. The fourth-order valence-corrected chi connectivity index (χ4v) is 1.74. The number of halogens is 3. The average molecular weight is 302 g/mol. The molecular formula is C14H17F3N2O2. The fourth-order valence-electron chi connectivity index (χ4n) is 1.74. The van der Waals surface area contributed by atoms with Gasteiger partial charge in [0.2, 0.25) is 11.8 Å². The van der Waals surface area contributed by atoms with Gasteiger partial charge in [0.15, 0.2) is 0 Å². The van der Waals surface area contributed by atoms with Crippen molar-refractivity contribution in [2.75, 3.05) is 10.6 Å². The standard InChI is InChI=1S/C14H17F3N2O2/c1-8(2)6-13(21)19-12-5-4-10(18-9(3)20)7-11(12)14(15,16)17/h4-5,7-8H,6H2,1-3H3,(H,18,20)(H,19,21). The van der Waals surface area contributed by atoms with Gasteiger partial charge in [-0.05, 0) is 24.1 Å². The first-order valence-corrected chi connectivity index (χ1v) is 6.38. The zero-order chi connectivity index (χ0) is 16.2. The lowest BCUT2D eigenvalue weighted by atomic mass is 10.1. The van der Waals surface area contributed by atoms with Gasteiger partial charge in [-0.25, -0.2) is 0 Å². The van der Waals surface area contributed by atoms with Crippen molar-refractivity contribution in [3.63, 3.8) is 0 Å². The minimum absolute atomic E-state index is 0.0247. The molecule has 0 fully saturated rings. The second-order valence-corrected chi connectivity index (χ2v) is 5.09. The Morgan fingerprint density at radius 2 is 1.81 bits per heavy atom. The fraction of sp³-hybridized carbons (Fsp3) is 0.429. The SMILES string of the molecule is CC(=O)Nc1ccc(NC(=O)CC(C)C)c(C(F)(F)F)c1. The predicted molar refractivity (Wildman–Crippen MR) is 73.8 cm³/mol. The van der Waals surface area contributed by atoms with Crippen LogP contribution in [0, 0.1) is 5.92 Å². The number of nitrogens with one attached hydrogen (secondary N) is 2. The normalized spacial score (nSPS) is 11.4. The first kappa shape index (κ1) is 17.0. The van der Waals surface area contributed by atoms with Crippen molar-refractivity contribution in [2.45, 2.75) is 33.4 Å². The molecule has 0 aliphatic carbocycles. The van der Waals surface area contributed by atoms with Gasteiger partial charge in [0.25, 0.3) is 0 Å². The molecule has 2 N–H and O–H groups in total. The highest BCUT2D eigenvalue weighted by atomic mass is 19.4. The van der Waals surface area contributed by atoms with Crippen LogP contribution >= 0.6 is 0 Å². The van der Waals surface area contributed by atoms with E-state index in [1.807, 2.05) is 0 Å². The Bertz CT molecular complexity index is 540. The van der Waals surface area contributed by atoms with E-state index >= 15 is 0 Å². The highest BCUT2D eigenvalue weighted by molar-refractivity contribution is 5.93. The number of benzene rings is 1. The van der Waals surface area contributed by atoms with E-state index < -0.39 is 23.6 Å². The molecule has 0 radical (unpaired) electrons. The number of carbonyl (C=O) groups excluding carboxylic acids is 2. The summed E-state index contributed by atoms with van der Waals surface area (Å²) < 4.78 is 39.0. The van der Waals surface area contributed by atoms with Crippen LogP contribution in [-0.2, 0) is 15.8 Å². The lowest BCUT2D eigenvalue weighted by Crippen LogP contribution is -2.18. The van der Waals surface area contributed by atoms with E-state index in [9.17, 15) is 22.8 Å². The molecule has 4 nitrogen and oxygen atoms in total. The zero-order valence-electron chi connectivity index (χ0n) is 12.0. The van der Waals surface area contributed by atoms with E-state index in [0.29, 0.717) is 0 Å². The number of amides is 2. The van der Waals surface area contributed by atoms with E-state index in [1.54, 1.807) is 13.8 Å². The molecule has 1 aromatic rings. The van der Waals surface area contributed by atoms with Crippen LogP contribution in [0.1, 0.15) is 32.8 Å². The number of hydrogen-bond acceptors (Lipinski definition) is 2. The molecule has 21 heavy (non-hydrogen) atoms. The summed E-state index contributed by atoms with van der Waals surface area (Å²) >= 11 is 0. The summed E-state index contributed by atoms with van der Waals surface area (Å²) in [7, 11) is 0. The van der Waals surface area contributed by atoms with Crippen LogP contribution in [0.3, 0.4) is 0 Å². The molecule has 0 saturated carbocycles. The molecule has 1 rings (SSSR count). The van der Waals surface area contributed by atoms with Crippen LogP contribution < -0.4 is 10.6 Å². The molecule has 0 heterocycles. The van der Waals surface area contributed by atoms with Gasteiger partial charge in [-0.2, -0.15) is 13.2 Å². The quantitative estimate of drug-likeness (QED) is 0.892. The summed E-state index contributed by atoms with van der Waals surface area (Å²) in [5.41, 5.74) is -1.29. The Hall–Kier alpha value is -2.05. The third-order valence-corrected chi connectivity index (χ3v) is 2.51. The number of rotatable bonds is 4. The molecule has 0 aliphatic rings. The topological polar surface area (TPSA) is 58.2 Å². The summed E-state index contributed by atoms with van der Waals surface area (Å²) in [4.78, 5) is 22.5. The van der Waals surface area contributed by atoms with Crippen molar-refractivity contribution < 1.29 is 22.8 Å². The Labute approximate surface area is 120 Å². The van der Waals surface area contributed by atoms with E-state index in [0.717, 1.165) is 12.1 Å². The highest BCUT2D eigenvalue weighted by Crippen LogP contribution is 2.36. The number of anilines is 2. The highest BCUT2D eigenvalue weighted by Gasteiger charge is 2.34. The van der Waals surface area contributed by atoms with Crippen molar-refractivity contribution in [1.82, 2.24) is 0 Å². The third-order valence-electron chi connectivity index (χ3n) is 2.51. The third kappa shape index (κ3) is 5.45. The van der Waals surface area contributed by atoms with Gasteiger partial charge in [-0.1, -0.05) is 13.8 Å². The maximum absolute atomic E-state index is 13.0. The lowest BCUT2D eigenvalue weighted by molar-refractivity contribution is -0.137. The van der Waals surface area contributed by atoms with E-state index in [1.165, 1.54) is 13.0 Å². The Morgan fingerprint density at radius 3 is 2.29 bits per heavy atom. The Morgan fingerprint density at radius 1 is 1.19 bits per heavy atom. The monoisotopic (exact) mass is 302 g/mol. The van der Waals surface area contributed by atoms with Crippen molar-refractivity contribution in [3.05, 3.63) is 23.8 Å². The number of hydrogen-bond donors (Lipinski definition) is 2. The molecule has 0 aromatic heterocycles. The van der Waals surface area contributed by atoms with Crippen LogP contribution in [0.15, 0.2) is 18.2 Å². The summed E-state index contributed by atoms with van der Waals surface area (Å²) in [6.07, 6.45) is -4.50. The molecule has 0 aliphatic heterocycles. The van der Waals surface area contributed by atoms with Gasteiger partial charge in [0, 0.05) is 19.0 Å². The first-order chi connectivity index (χ1) is 9.59. The molecular weight excluding hydrogens is 285 g/mol. The van der Waals surface area contributed by atoms with Gasteiger partial charge in [0.1, 0.15) is 0 Å². The lowest BCUT2D eigenvalue weighted by Gasteiger charge is -2.16. The second kappa shape index (κ2) is 6.60. The molecule has 0 spiro atoms. The van der Waals surface area contributed by atoms with E-state index in [-0.39, 0.29) is 23.7 Å². The smallest absolute Gasteiger partial charge is 0.326 e. The van der Waals surface area contributed by atoms with E-state index in [4.69, 9.17) is 0 Å². The molecule has 7 heteroatoms. The molecule has 0 atom stereocenters. The van der Waals surface area contributed by atoms with E-state index in [2.05, 4.69) is 10.6 Å². The number of carbonyl (C=O) groups is 2. The minimum atomic E-state index is -4.63. The maximum Gasteiger partial charge on any atom is 0.418 e.